The van der Waals surface area contributed by atoms with E-state index in [0.29, 0.717) is 18.4 Å². The second kappa shape index (κ2) is 10.9. The Labute approximate surface area is 203 Å². The van der Waals surface area contributed by atoms with Gasteiger partial charge in [-0.25, -0.2) is 4.98 Å². The molecule has 0 spiro atoms. The molecular formula is C28H37N5O. The highest BCUT2D eigenvalue weighted by molar-refractivity contribution is 5.65. The van der Waals surface area contributed by atoms with Crippen molar-refractivity contribution in [2.75, 3.05) is 29.9 Å². The van der Waals surface area contributed by atoms with Crippen LogP contribution in [0, 0.1) is 19.8 Å². The number of pyridine rings is 1. The summed E-state index contributed by atoms with van der Waals surface area (Å²) in [5.41, 5.74) is 5.75. The van der Waals surface area contributed by atoms with E-state index in [9.17, 15) is 0 Å². The molecule has 0 saturated carbocycles. The molecule has 0 aliphatic carbocycles. The van der Waals surface area contributed by atoms with E-state index in [2.05, 4.69) is 60.2 Å². The van der Waals surface area contributed by atoms with Gasteiger partial charge in [0.1, 0.15) is 11.6 Å². The Morgan fingerprint density at radius 1 is 1.06 bits per heavy atom. The maximum Gasteiger partial charge on any atom is 0.227 e. The van der Waals surface area contributed by atoms with Gasteiger partial charge < -0.3 is 15.0 Å². The number of rotatable bonds is 8. The quantitative estimate of drug-likeness (QED) is 0.432. The number of nitrogens with zero attached hydrogens (tertiary/aromatic N) is 4. The van der Waals surface area contributed by atoms with E-state index in [0.717, 1.165) is 66.8 Å². The van der Waals surface area contributed by atoms with E-state index in [1.807, 2.05) is 32.3 Å². The van der Waals surface area contributed by atoms with Crippen molar-refractivity contribution in [2.45, 2.75) is 59.8 Å². The summed E-state index contributed by atoms with van der Waals surface area (Å²) >= 11 is 0. The maximum absolute atomic E-state index is 5.88. The number of ether oxygens (including phenoxy) is 1. The van der Waals surface area contributed by atoms with E-state index in [-0.39, 0.29) is 0 Å². The smallest absolute Gasteiger partial charge is 0.227 e. The lowest BCUT2D eigenvalue weighted by molar-refractivity contribution is 0.335. The number of anilines is 3. The average Bonchev–Trinajstić information content (AvgIpc) is 2.81. The summed E-state index contributed by atoms with van der Waals surface area (Å²) in [6, 6.07) is 10.6. The van der Waals surface area contributed by atoms with Gasteiger partial charge in [-0.1, -0.05) is 13.8 Å². The lowest BCUT2D eigenvalue weighted by Crippen LogP contribution is -2.35. The van der Waals surface area contributed by atoms with Crippen LogP contribution in [-0.2, 0) is 6.42 Å². The first kappa shape index (κ1) is 24.0. The van der Waals surface area contributed by atoms with E-state index in [1.165, 1.54) is 11.1 Å². The van der Waals surface area contributed by atoms with Gasteiger partial charge in [-0.3, -0.25) is 4.98 Å². The molecule has 1 aliphatic heterocycles. The molecule has 6 heteroatoms. The molecule has 1 aromatic carbocycles. The Balaban J connectivity index is 1.47. The minimum absolute atomic E-state index is 0.374. The lowest BCUT2D eigenvalue weighted by atomic mass is 9.90. The molecule has 1 aliphatic rings. The fourth-order valence-corrected chi connectivity index (χ4v) is 4.65. The third-order valence-electron chi connectivity index (χ3n) is 6.55. The van der Waals surface area contributed by atoms with Crippen LogP contribution < -0.4 is 15.0 Å². The van der Waals surface area contributed by atoms with Gasteiger partial charge in [0.15, 0.2) is 0 Å². The molecular weight excluding hydrogens is 422 g/mol. The van der Waals surface area contributed by atoms with Crippen LogP contribution in [0.15, 0.2) is 42.7 Å². The summed E-state index contributed by atoms with van der Waals surface area (Å²) in [5.74, 6) is 3.69. The summed E-state index contributed by atoms with van der Waals surface area (Å²) in [6.45, 7) is 13.2. The van der Waals surface area contributed by atoms with Gasteiger partial charge in [0.05, 0.1) is 6.61 Å². The average molecular weight is 460 g/mol. The van der Waals surface area contributed by atoms with E-state index >= 15 is 0 Å². The zero-order valence-electron chi connectivity index (χ0n) is 21.1. The molecule has 1 saturated heterocycles. The zero-order valence-corrected chi connectivity index (χ0v) is 21.1. The molecule has 0 atom stereocenters. The van der Waals surface area contributed by atoms with Crippen LogP contribution >= 0.6 is 0 Å². The van der Waals surface area contributed by atoms with Crippen LogP contribution in [0.25, 0.3) is 0 Å². The Kier molecular flexibility index (Phi) is 7.66. The number of benzene rings is 1. The van der Waals surface area contributed by atoms with Gasteiger partial charge in [0, 0.05) is 42.9 Å². The minimum atomic E-state index is 0.374. The summed E-state index contributed by atoms with van der Waals surface area (Å²) in [4.78, 5) is 16.1. The molecule has 1 fully saturated rings. The first-order valence-corrected chi connectivity index (χ1v) is 12.5. The molecule has 180 valence electrons. The molecule has 2 aromatic heterocycles. The van der Waals surface area contributed by atoms with Crippen LogP contribution in [0.1, 0.15) is 61.9 Å². The molecule has 0 amide bonds. The second-order valence-corrected chi connectivity index (χ2v) is 9.60. The number of hydrogen-bond donors (Lipinski definition) is 1. The Morgan fingerprint density at radius 3 is 2.47 bits per heavy atom. The summed E-state index contributed by atoms with van der Waals surface area (Å²) in [7, 11) is 0. The SMILES string of the molecule is CCOc1cc(C)c(Nc2cc(C)nc(N3CCC(Cc4ccncc4)CC3)n2)cc1C(C)C. The van der Waals surface area contributed by atoms with Crippen LogP contribution in [-0.4, -0.2) is 34.6 Å². The van der Waals surface area contributed by atoms with Gasteiger partial charge in [-0.15, -0.1) is 0 Å². The zero-order chi connectivity index (χ0) is 24.1. The van der Waals surface area contributed by atoms with Crippen LogP contribution in [0.4, 0.5) is 17.5 Å². The van der Waals surface area contributed by atoms with Crippen molar-refractivity contribution in [1.29, 1.82) is 0 Å². The summed E-state index contributed by atoms with van der Waals surface area (Å²) < 4.78 is 5.88. The molecule has 4 rings (SSSR count). The predicted octanol–water partition coefficient (Wildman–Crippen LogP) is 6.21. The van der Waals surface area contributed by atoms with Crippen molar-refractivity contribution in [3.63, 3.8) is 0 Å². The highest BCUT2D eigenvalue weighted by Crippen LogP contribution is 2.34. The molecule has 0 radical (unpaired) electrons. The Bertz CT molecular complexity index is 1090. The standard InChI is InChI=1S/C28H37N5O/c1-6-34-26-15-20(4)25(18-24(26)19(2)3)31-27-16-21(5)30-28(32-27)33-13-9-23(10-14-33)17-22-7-11-29-12-8-22/h7-8,11-12,15-16,18-19,23H,6,9-10,13-14,17H2,1-5H3,(H,30,31,32). The fourth-order valence-electron chi connectivity index (χ4n) is 4.65. The molecule has 34 heavy (non-hydrogen) atoms. The van der Waals surface area contributed by atoms with E-state index < -0.39 is 0 Å². The molecule has 1 N–H and O–H groups in total. The number of nitrogens with one attached hydrogen (secondary N) is 1. The van der Waals surface area contributed by atoms with Crippen molar-refractivity contribution in [3.8, 4) is 5.75 Å². The van der Waals surface area contributed by atoms with E-state index in [4.69, 9.17) is 14.7 Å². The van der Waals surface area contributed by atoms with Crippen molar-refractivity contribution in [1.82, 2.24) is 15.0 Å². The first-order chi connectivity index (χ1) is 16.4. The Hall–Kier alpha value is -3.15. The van der Waals surface area contributed by atoms with Crippen molar-refractivity contribution < 1.29 is 4.74 Å². The third kappa shape index (κ3) is 5.85. The fraction of sp³-hybridized carbons (Fsp3) is 0.464. The van der Waals surface area contributed by atoms with Gasteiger partial charge in [-0.05, 0) is 92.8 Å². The van der Waals surface area contributed by atoms with Crippen LogP contribution in [0.5, 0.6) is 5.75 Å². The van der Waals surface area contributed by atoms with Gasteiger partial charge in [-0.2, -0.15) is 4.98 Å². The van der Waals surface area contributed by atoms with Gasteiger partial charge in [0.25, 0.3) is 0 Å². The van der Waals surface area contributed by atoms with E-state index in [1.54, 1.807) is 0 Å². The van der Waals surface area contributed by atoms with Gasteiger partial charge >= 0.3 is 0 Å². The minimum Gasteiger partial charge on any atom is -0.494 e. The normalized spacial score (nSPS) is 14.5. The number of aromatic nitrogens is 3. The van der Waals surface area contributed by atoms with Gasteiger partial charge in [0.2, 0.25) is 5.95 Å². The van der Waals surface area contributed by atoms with Crippen molar-refractivity contribution in [3.05, 3.63) is 65.1 Å². The summed E-state index contributed by atoms with van der Waals surface area (Å²) in [6.07, 6.45) is 7.19. The topological polar surface area (TPSA) is 63.2 Å². The highest BCUT2D eigenvalue weighted by atomic mass is 16.5. The molecule has 3 heterocycles. The molecule has 6 nitrogen and oxygen atoms in total. The van der Waals surface area contributed by atoms with Crippen LogP contribution in [0.3, 0.4) is 0 Å². The first-order valence-electron chi connectivity index (χ1n) is 12.5. The largest absolute Gasteiger partial charge is 0.494 e. The van der Waals surface area contributed by atoms with Crippen molar-refractivity contribution in [2.24, 2.45) is 5.92 Å². The van der Waals surface area contributed by atoms with Crippen molar-refractivity contribution >= 4 is 17.5 Å². The van der Waals surface area contributed by atoms with Crippen LogP contribution in [0.2, 0.25) is 0 Å². The highest BCUT2D eigenvalue weighted by Gasteiger charge is 2.22. The monoisotopic (exact) mass is 459 g/mol. The molecule has 0 unspecified atom stereocenters. The maximum atomic E-state index is 5.88. The second-order valence-electron chi connectivity index (χ2n) is 9.60. The number of hydrogen-bond acceptors (Lipinski definition) is 6. The molecule has 0 bridgehead atoms. The third-order valence-corrected chi connectivity index (χ3v) is 6.55. The lowest BCUT2D eigenvalue weighted by Gasteiger charge is -2.32. The predicted molar refractivity (Wildman–Crippen MR) is 139 cm³/mol. The summed E-state index contributed by atoms with van der Waals surface area (Å²) in [5, 5.41) is 3.56. The molecule has 3 aromatic rings. The Morgan fingerprint density at radius 2 is 1.79 bits per heavy atom. The number of piperidine rings is 1. The number of aryl methyl sites for hydroxylation is 2.